The zero-order chi connectivity index (χ0) is 9.68. The third kappa shape index (κ3) is 3.69. The highest BCUT2D eigenvalue weighted by Crippen LogP contribution is 2.29. The second kappa shape index (κ2) is 5.66. The number of hydrogen-bond donors (Lipinski definition) is 1. The zero-order valence-corrected chi connectivity index (χ0v) is 8.98. The van der Waals surface area contributed by atoms with E-state index in [0.29, 0.717) is 11.0 Å². The summed E-state index contributed by atoms with van der Waals surface area (Å²) >= 11 is 1.74. The monoisotopic (exact) mass is 202 g/mol. The number of carbonyl (C=O) groups is 1. The van der Waals surface area contributed by atoms with E-state index in [9.17, 15) is 4.79 Å². The normalized spacial score (nSPS) is 26.0. The standard InChI is InChI=1S/C10H18O2S/c1-8(6-7-11)13-10-5-3-2-4-9(10)12/h8,10-11H,2-7H2,1H3. The van der Waals surface area contributed by atoms with E-state index in [1.807, 2.05) is 0 Å². The molecule has 0 aromatic rings. The van der Waals surface area contributed by atoms with Gasteiger partial charge in [0.1, 0.15) is 5.78 Å². The van der Waals surface area contributed by atoms with Crippen molar-refractivity contribution in [2.75, 3.05) is 6.61 Å². The lowest BCUT2D eigenvalue weighted by molar-refractivity contribution is -0.119. The predicted molar refractivity (Wildman–Crippen MR) is 56.0 cm³/mol. The average molecular weight is 202 g/mol. The average Bonchev–Trinajstić information content (AvgIpc) is 2.09. The minimum atomic E-state index is 0.218. The van der Waals surface area contributed by atoms with E-state index in [1.165, 1.54) is 6.42 Å². The third-order valence-electron chi connectivity index (χ3n) is 2.43. The van der Waals surface area contributed by atoms with Crippen LogP contribution in [0.1, 0.15) is 39.0 Å². The van der Waals surface area contributed by atoms with Gasteiger partial charge in [0.2, 0.25) is 0 Å². The van der Waals surface area contributed by atoms with Crippen LogP contribution < -0.4 is 0 Å². The molecule has 0 radical (unpaired) electrons. The number of ketones is 1. The smallest absolute Gasteiger partial charge is 0.145 e. The molecule has 3 heteroatoms. The Hall–Kier alpha value is -0.0200. The van der Waals surface area contributed by atoms with Crippen molar-refractivity contribution < 1.29 is 9.90 Å². The van der Waals surface area contributed by atoms with E-state index in [-0.39, 0.29) is 11.9 Å². The lowest BCUT2D eigenvalue weighted by Gasteiger charge is -2.22. The zero-order valence-electron chi connectivity index (χ0n) is 8.16. The Kier molecular flexibility index (Phi) is 4.81. The topological polar surface area (TPSA) is 37.3 Å². The summed E-state index contributed by atoms with van der Waals surface area (Å²) < 4.78 is 0. The van der Waals surface area contributed by atoms with Gasteiger partial charge in [-0.2, -0.15) is 0 Å². The van der Waals surface area contributed by atoms with E-state index >= 15 is 0 Å². The molecule has 0 heterocycles. The molecule has 0 amide bonds. The lowest BCUT2D eigenvalue weighted by atomic mass is 9.99. The van der Waals surface area contributed by atoms with Crippen molar-refractivity contribution in [2.45, 2.75) is 49.5 Å². The van der Waals surface area contributed by atoms with Crippen molar-refractivity contribution in [2.24, 2.45) is 0 Å². The van der Waals surface area contributed by atoms with Gasteiger partial charge in [-0.15, -0.1) is 11.8 Å². The first-order valence-electron chi connectivity index (χ1n) is 5.03. The third-order valence-corrected chi connectivity index (χ3v) is 3.96. The minimum Gasteiger partial charge on any atom is -0.396 e. The quantitative estimate of drug-likeness (QED) is 0.757. The van der Waals surface area contributed by atoms with Gasteiger partial charge < -0.3 is 5.11 Å². The molecular formula is C10H18O2S. The van der Waals surface area contributed by atoms with E-state index in [0.717, 1.165) is 25.7 Å². The van der Waals surface area contributed by atoms with Crippen molar-refractivity contribution in [3.05, 3.63) is 0 Å². The Morgan fingerprint density at radius 1 is 1.62 bits per heavy atom. The Bertz CT molecular complexity index is 170. The Balaban J connectivity index is 2.29. The van der Waals surface area contributed by atoms with Crippen LogP contribution >= 0.6 is 11.8 Å². The van der Waals surface area contributed by atoms with Gasteiger partial charge in [0, 0.05) is 18.3 Å². The SMILES string of the molecule is CC(CCO)SC1CCCCC1=O. The molecule has 0 aliphatic heterocycles. The van der Waals surface area contributed by atoms with Crippen LogP contribution in [-0.4, -0.2) is 28.0 Å². The van der Waals surface area contributed by atoms with Crippen molar-refractivity contribution >= 4 is 17.5 Å². The van der Waals surface area contributed by atoms with Crippen LogP contribution in [0.2, 0.25) is 0 Å². The first kappa shape index (κ1) is 11.1. The van der Waals surface area contributed by atoms with Crippen LogP contribution in [0, 0.1) is 0 Å². The highest BCUT2D eigenvalue weighted by Gasteiger charge is 2.24. The summed E-state index contributed by atoms with van der Waals surface area (Å²) in [6.45, 7) is 2.32. The number of thioether (sulfide) groups is 1. The maximum atomic E-state index is 11.5. The summed E-state index contributed by atoms with van der Waals surface area (Å²) in [5.41, 5.74) is 0. The molecule has 0 saturated heterocycles. The van der Waals surface area contributed by atoms with Gasteiger partial charge in [0.15, 0.2) is 0 Å². The number of hydrogen-bond acceptors (Lipinski definition) is 3. The van der Waals surface area contributed by atoms with Crippen molar-refractivity contribution in [1.29, 1.82) is 0 Å². The maximum absolute atomic E-state index is 11.5. The molecule has 0 aromatic carbocycles. The minimum absolute atomic E-state index is 0.218. The number of aliphatic hydroxyl groups excluding tert-OH is 1. The Labute approximate surface area is 84.1 Å². The number of carbonyl (C=O) groups excluding carboxylic acids is 1. The van der Waals surface area contributed by atoms with E-state index in [1.54, 1.807) is 11.8 Å². The fourth-order valence-electron chi connectivity index (χ4n) is 1.63. The molecule has 1 N–H and O–H groups in total. The van der Waals surface area contributed by atoms with Crippen molar-refractivity contribution in [1.82, 2.24) is 0 Å². The van der Waals surface area contributed by atoms with Gasteiger partial charge in [0.05, 0.1) is 5.25 Å². The summed E-state index contributed by atoms with van der Waals surface area (Å²) in [5.74, 6) is 0.418. The molecule has 1 fully saturated rings. The fraction of sp³-hybridized carbons (Fsp3) is 0.900. The second-order valence-electron chi connectivity index (χ2n) is 3.66. The summed E-state index contributed by atoms with van der Waals surface area (Å²) in [7, 11) is 0. The Morgan fingerprint density at radius 2 is 2.38 bits per heavy atom. The van der Waals surface area contributed by atoms with Crippen LogP contribution in [-0.2, 0) is 4.79 Å². The lowest BCUT2D eigenvalue weighted by Crippen LogP contribution is -2.23. The van der Waals surface area contributed by atoms with Crippen LogP contribution in [0.25, 0.3) is 0 Å². The molecule has 2 nitrogen and oxygen atoms in total. The molecule has 1 aliphatic carbocycles. The fourth-order valence-corrected chi connectivity index (χ4v) is 3.00. The van der Waals surface area contributed by atoms with Gasteiger partial charge in [-0.3, -0.25) is 4.79 Å². The molecule has 76 valence electrons. The molecule has 0 bridgehead atoms. The first-order valence-corrected chi connectivity index (χ1v) is 5.97. The molecule has 1 rings (SSSR count). The summed E-state index contributed by atoms with van der Waals surface area (Å²) in [5, 5.41) is 9.37. The van der Waals surface area contributed by atoms with Crippen LogP contribution in [0.4, 0.5) is 0 Å². The largest absolute Gasteiger partial charge is 0.396 e. The molecule has 0 aromatic heterocycles. The highest BCUT2D eigenvalue weighted by molar-refractivity contribution is 8.01. The summed E-state index contributed by atoms with van der Waals surface area (Å²) in [6.07, 6.45) is 4.87. The van der Waals surface area contributed by atoms with Gasteiger partial charge >= 0.3 is 0 Å². The van der Waals surface area contributed by atoms with E-state index in [4.69, 9.17) is 5.11 Å². The molecule has 1 saturated carbocycles. The van der Waals surface area contributed by atoms with Crippen LogP contribution in [0.3, 0.4) is 0 Å². The molecule has 2 atom stereocenters. The van der Waals surface area contributed by atoms with Gasteiger partial charge in [-0.25, -0.2) is 0 Å². The maximum Gasteiger partial charge on any atom is 0.145 e. The van der Waals surface area contributed by atoms with Gasteiger partial charge in [0.25, 0.3) is 0 Å². The van der Waals surface area contributed by atoms with Crippen molar-refractivity contribution in [3.63, 3.8) is 0 Å². The Morgan fingerprint density at radius 3 is 3.00 bits per heavy atom. The molecule has 1 aliphatic rings. The van der Waals surface area contributed by atoms with E-state index < -0.39 is 0 Å². The van der Waals surface area contributed by atoms with E-state index in [2.05, 4.69) is 6.92 Å². The number of rotatable bonds is 4. The summed E-state index contributed by atoms with van der Waals surface area (Å²) in [4.78, 5) is 11.5. The predicted octanol–water partition coefficient (Wildman–Crippen LogP) is 2.00. The number of Topliss-reactive ketones (excluding diaryl/α,β-unsaturated/α-hetero) is 1. The van der Waals surface area contributed by atoms with Crippen LogP contribution in [0.15, 0.2) is 0 Å². The van der Waals surface area contributed by atoms with Gasteiger partial charge in [-0.1, -0.05) is 13.3 Å². The molecule has 13 heavy (non-hydrogen) atoms. The number of aliphatic hydroxyl groups is 1. The molecule has 2 unspecified atom stereocenters. The highest BCUT2D eigenvalue weighted by atomic mass is 32.2. The second-order valence-corrected chi connectivity index (χ2v) is 5.31. The van der Waals surface area contributed by atoms with Crippen molar-refractivity contribution in [3.8, 4) is 0 Å². The van der Waals surface area contributed by atoms with Gasteiger partial charge in [-0.05, 0) is 19.3 Å². The van der Waals surface area contributed by atoms with Crippen LogP contribution in [0.5, 0.6) is 0 Å². The molecule has 0 spiro atoms. The first-order chi connectivity index (χ1) is 6.24. The molecular weight excluding hydrogens is 184 g/mol. The summed E-state index contributed by atoms with van der Waals surface area (Å²) in [6, 6.07) is 0.